The molecule has 1 aliphatic carbocycles. The van der Waals surface area contributed by atoms with Gasteiger partial charge in [0.2, 0.25) is 5.88 Å². The number of pyridine rings is 1. The Bertz CT molecular complexity index is 697. The van der Waals surface area contributed by atoms with Gasteiger partial charge in [-0.1, -0.05) is 6.07 Å². The summed E-state index contributed by atoms with van der Waals surface area (Å²) in [5, 5.41) is 8.98. The Morgan fingerprint density at radius 1 is 1.19 bits per heavy atom. The SMILES string of the molecule is COc1cc(C(=O)O)ccc1Oc1ccc2c(n1)CCC2. The number of benzene rings is 1. The maximum atomic E-state index is 11.0. The second-order valence-corrected chi connectivity index (χ2v) is 4.88. The standard InChI is InChI=1S/C16H15NO4/c1-20-14-9-11(16(18)19)5-7-13(14)21-15-8-6-10-3-2-4-12(10)17-15/h5-9H,2-4H2,1H3,(H,18,19). The number of carboxylic acids is 1. The van der Waals surface area contributed by atoms with Crippen LogP contribution in [0.3, 0.4) is 0 Å². The van der Waals surface area contributed by atoms with Crippen molar-refractivity contribution in [2.75, 3.05) is 7.11 Å². The lowest BCUT2D eigenvalue weighted by molar-refractivity contribution is 0.0696. The van der Waals surface area contributed by atoms with Gasteiger partial charge in [-0.2, -0.15) is 0 Å². The summed E-state index contributed by atoms with van der Waals surface area (Å²) in [5.41, 5.74) is 2.50. The normalized spacial score (nSPS) is 12.8. The molecule has 0 radical (unpaired) electrons. The summed E-state index contributed by atoms with van der Waals surface area (Å²) in [6, 6.07) is 8.35. The highest BCUT2D eigenvalue weighted by atomic mass is 16.5. The molecule has 2 aromatic rings. The minimum absolute atomic E-state index is 0.154. The smallest absolute Gasteiger partial charge is 0.335 e. The van der Waals surface area contributed by atoms with Crippen molar-refractivity contribution in [2.24, 2.45) is 0 Å². The highest BCUT2D eigenvalue weighted by Crippen LogP contribution is 2.32. The van der Waals surface area contributed by atoms with Gasteiger partial charge in [-0.15, -0.1) is 0 Å². The third kappa shape index (κ3) is 2.67. The van der Waals surface area contributed by atoms with Crippen molar-refractivity contribution in [3.63, 3.8) is 0 Å². The second kappa shape index (κ2) is 5.44. The Hall–Kier alpha value is -2.56. The number of methoxy groups -OCH3 is 1. The van der Waals surface area contributed by atoms with Gasteiger partial charge >= 0.3 is 5.97 Å². The minimum Gasteiger partial charge on any atom is -0.493 e. The average Bonchev–Trinajstić information content (AvgIpc) is 2.95. The van der Waals surface area contributed by atoms with Gasteiger partial charge in [0.05, 0.1) is 12.7 Å². The van der Waals surface area contributed by atoms with E-state index in [9.17, 15) is 4.79 Å². The first-order valence-corrected chi connectivity index (χ1v) is 6.75. The van der Waals surface area contributed by atoms with Gasteiger partial charge in [-0.25, -0.2) is 9.78 Å². The molecule has 108 valence electrons. The van der Waals surface area contributed by atoms with E-state index in [0.29, 0.717) is 17.4 Å². The summed E-state index contributed by atoms with van der Waals surface area (Å²) >= 11 is 0. The van der Waals surface area contributed by atoms with Crippen LogP contribution in [-0.2, 0) is 12.8 Å². The zero-order valence-corrected chi connectivity index (χ0v) is 11.6. The van der Waals surface area contributed by atoms with Gasteiger partial charge in [0.25, 0.3) is 0 Å². The van der Waals surface area contributed by atoms with Crippen molar-refractivity contribution in [1.82, 2.24) is 4.98 Å². The number of ether oxygens (including phenoxy) is 2. The molecule has 0 bridgehead atoms. The molecule has 0 aliphatic heterocycles. The molecule has 1 heterocycles. The number of hydrogen-bond acceptors (Lipinski definition) is 4. The van der Waals surface area contributed by atoms with E-state index >= 15 is 0 Å². The molecule has 0 saturated carbocycles. The number of aromatic nitrogens is 1. The van der Waals surface area contributed by atoms with Crippen molar-refractivity contribution in [2.45, 2.75) is 19.3 Å². The van der Waals surface area contributed by atoms with Crippen LogP contribution >= 0.6 is 0 Å². The molecule has 1 N–H and O–H groups in total. The van der Waals surface area contributed by atoms with E-state index in [1.54, 1.807) is 6.07 Å². The van der Waals surface area contributed by atoms with Gasteiger partial charge in [-0.3, -0.25) is 0 Å². The quantitative estimate of drug-likeness (QED) is 0.935. The Labute approximate surface area is 122 Å². The predicted molar refractivity (Wildman–Crippen MR) is 76.3 cm³/mol. The average molecular weight is 285 g/mol. The number of hydrogen-bond donors (Lipinski definition) is 1. The first-order valence-electron chi connectivity index (χ1n) is 6.75. The van der Waals surface area contributed by atoms with E-state index in [1.807, 2.05) is 12.1 Å². The fraction of sp³-hybridized carbons (Fsp3) is 0.250. The van der Waals surface area contributed by atoms with Crippen LogP contribution in [0.4, 0.5) is 0 Å². The zero-order valence-electron chi connectivity index (χ0n) is 11.6. The predicted octanol–water partition coefficient (Wildman–Crippen LogP) is 3.07. The van der Waals surface area contributed by atoms with E-state index in [-0.39, 0.29) is 5.56 Å². The number of fused-ring (bicyclic) bond motifs is 1. The summed E-state index contributed by atoms with van der Waals surface area (Å²) in [5.74, 6) is 0.317. The molecular weight excluding hydrogens is 270 g/mol. The Morgan fingerprint density at radius 2 is 2.05 bits per heavy atom. The van der Waals surface area contributed by atoms with Crippen LogP contribution in [0.5, 0.6) is 17.4 Å². The summed E-state index contributed by atoms with van der Waals surface area (Å²) in [7, 11) is 1.48. The van der Waals surface area contributed by atoms with Crippen LogP contribution in [0.15, 0.2) is 30.3 Å². The third-order valence-corrected chi connectivity index (χ3v) is 3.53. The number of nitrogens with zero attached hydrogens (tertiary/aromatic N) is 1. The minimum atomic E-state index is -1.00. The third-order valence-electron chi connectivity index (χ3n) is 3.53. The van der Waals surface area contributed by atoms with Gasteiger partial charge in [0.1, 0.15) is 0 Å². The number of rotatable bonds is 4. The van der Waals surface area contributed by atoms with E-state index in [2.05, 4.69) is 4.98 Å². The molecule has 1 aromatic heterocycles. The Morgan fingerprint density at radius 3 is 2.81 bits per heavy atom. The lowest BCUT2D eigenvalue weighted by Gasteiger charge is -2.11. The lowest BCUT2D eigenvalue weighted by atomic mass is 10.2. The molecule has 0 saturated heterocycles. The molecule has 21 heavy (non-hydrogen) atoms. The molecule has 3 rings (SSSR count). The largest absolute Gasteiger partial charge is 0.493 e. The Kier molecular flexibility index (Phi) is 3.48. The second-order valence-electron chi connectivity index (χ2n) is 4.88. The zero-order chi connectivity index (χ0) is 14.8. The van der Waals surface area contributed by atoms with Gasteiger partial charge in [-0.05, 0) is 43.0 Å². The van der Waals surface area contributed by atoms with Gasteiger partial charge < -0.3 is 14.6 Å². The molecule has 5 nitrogen and oxygen atoms in total. The maximum Gasteiger partial charge on any atom is 0.335 e. The molecule has 1 aromatic carbocycles. The van der Waals surface area contributed by atoms with E-state index in [0.717, 1.165) is 25.0 Å². The van der Waals surface area contributed by atoms with Crippen LogP contribution < -0.4 is 9.47 Å². The van der Waals surface area contributed by atoms with Crippen LogP contribution in [0.2, 0.25) is 0 Å². The molecule has 1 aliphatic rings. The van der Waals surface area contributed by atoms with Crippen molar-refractivity contribution in [3.05, 3.63) is 47.2 Å². The fourth-order valence-electron chi connectivity index (χ4n) is 2.45. The maximum absolute atomic E-state index is 11.0. The summed E-state index contributed by atoms with van der Waals surface area (Å²) in [6.45, 7) is 0. The van der Waals surface area contributed by atoms with E-state index < -0.39 is 5.97 Å². The molecule has 0 atom stereocenters. The molecule has 0 spiro atoms. The van der Waals surface area contributed by atoms with Gasteiger partial charge in [0.15, 0.2) is 11.5 Å². The molecular formula is C16H15NO4. The summed E-state index contributed by atoms with van der Waals surface area (Å²) in [4.78, 5) is 15.4. The monoisotopic (exact) mass is 285 g/mol. The van der Waals surface area contributed by atoms with Crippen molar-refractivity contribution < 1.29 is 19.4 Å². The lowest BCUT2D eigenvalue weighted by Crippen LogP contribution is -1.99. The molecule has 0 fully saturated rings. The van der Waals surface area contributed by atoms with Crippen molar-refractivity contribution in [3.8, 4) is 17.4 Å². The molecule has 5 heteroatoms. The number of carbonyl (C=O) groups is 1. The van der Waals surface area contributed by atoms with Crippen LogP contribution in [0.25, 0.3) is 0 Å². The first-order chi connectivity index (χ1) is 10.2. The number of aromatic carboxylic acids is 1. The fourth-order valence-corrected chi connectivity index (χ4v) is 2.45. The van der Waals surface area contributed by atoms with Crippen molar-refractivity contribution >= 4 is 5.97 Å². The van der Waals surface area contributed by atoms with Gasteiger partial charge in [0, 0.05) is 11.8 Å². The summed E-state index contributed by atoms with van der Waals surface area (Å²) < 4.78 is 10.9. The molecule has 0 unspecified atom stereocenters. The highest BCUT2D eigenvalue weighted by Gasteiger charge is 2.15. The van der Waals surface area contributed by atoms with Crippen LogP contribution in [0, 0.1) is 0 Å². The number of carboxylic acid groups (broad SMARTS) is 1. The molecule has 0 amide bonds. The van der Waals surface area contributed by atoms with Crippen LogP contribution in [-0.4, -0.2) is 23.2 Å². The number of aryl methyl sites for hydroxylation is 2. The van der Waals surface area contributed by atoms with E-state index in [4.69, 9.17) is 14.6 Å². The highest BCUT2D eigenvalue weighted by molar-refractivity contribution is 5.88. The summed E-state index contributed by atoms with van der Waals surface area (Å²) in [6.07, 6.45) is 3.17. The van der Waals surface area contributed by atoms with Crippen molar-refractivity contribution in [1.29, 1.82) is 0 Å². The van der Waals surface area contributed by atoms with Crippen LogP contribution in [0.1, 0.15) is 28.0 Å². The topological polar surface area (TPSA) is 68.7 Å². The Balaban J connectivity index is 1.89. The first kappa shape index (κ1) is 13.4. The van der Waals surface area contributed by atoms with E-state index in [1.165, 1.54) is 24.8 Å².